The lowest BCUT2D eigenvalue weighted by molar-refractivity contribution is 0.321. The van der Waals surface area contributed by atoms with E-state index in [0.29, 0.717) is 12.6 Å². The van der Waals surface area contributed by atoms with Crippen LogP contribution in [0.1, 0.15) is 24.7 Å². The number of nitrogens with zero attached hydrogens (tertiary/aromatic N) is 2. The van der Waals surface area contributed by atoms with Crippen LogP contribution >= 0.6 is 24.0 Å². The Morgan fingerprint density at radius 3 is 2.62 bits per heavy atom. The summed E-state index contributed by atoms with van der Waals surface area (Å²) in [7, 11) is 3.36. The number of benzene rings is 1. The summed E-state index contributed by atoms with van der Waals surface area (Å²) in [6.45, 7) is 6.29. The maximum absolute atomic E-state index is 5.38. The highest BCUT2D eigenvalue weighted by atomic mass is 127. The van der Waals surface area contributed by atoms with Crippen LogP contribution in [-0.2, 0) is 13.1 Å². The molecule has 1 saturated heterocycles. The van der Waals surface area contributed by atoms with E-state index in [2.05, 4.69) is 39.6 Å². The predicted molar refractivity (Wildman–Crippen MR) is 125 cm³/mol. The molecule has 3 rings (SSSR count). The van der Waals surface area contributed by atoms with E-state index in [1.54, 1.807) is 20.5 Å². The number of hydrogen-bond donors (Lipinski definition) is 2. The minimum absolute atomic E-state index is 0. The van der Waals surface area contributed by atoms with Crippen molar-refractivity contribution in [3.8, 4) is 11.5 Å². The first-order valence-electron chi connectivity index (χ1n) is 9.71. The molecule has 1 unspecified atom stereocenters. The SMILES string of the molecule is CCNC(=NCc1ccco1)NC1CCN(Cc2cc(OC)cc(OC)c2)C1.I. The molecule has 1 fully saturated rings. The van der Waals surface area contributed by atoms with Gasteiger partial charge in [-0.2, -0.15) is 0 Å². The number of aliphatic imine (C=N–C) groups is 1. The second-order valence-corrected chi connectivity index (χ2v) is 6.86. The first kappa shape index (κ1) is 23.3. The molecule has 0 saturated carbocycles. The summed E-state index contributed by atoms with van der Waals surface area (Å²) in [5.74, 6) is 3.33. The summed E-state index contributed by atoms with van der Waals surface area (Å²) in [5, 5.41) is 6.86. The average molecular weight is 514 g/mol. The van der Waals surface area contributed by atoms with E-state index in [-0.39, 0.29) is 24.0 Å². The molecule has 0 radical (unpaired) electrons. The van der Waals surface area contributed by atoms with Gasteiger partial charge in [0.25, 0.3) is 0 Å². The topological polar surface area (TPSA) is 71.3 Å². The fourth-order valence-electron chi connectivity index (χ4n) is 3.38. The maximum atomic E-state index is 5.38. The highest BCUT2D eigenvalue weighted by molar-refractivity contribution is 14.0. The van der Waals surface area contributed by atoms with Crippen molar-refractivity contribution >= 4 is 29.9 Å². The van der Waals surface area contributed by atoms with Gasteiger partial charge in [-0.25, -0.2) is 4.99 Å². The standard InChI is InChI=1S/C21H30N4O3.HI/c1-4-22-21(23-13-18-6-5-9-28-18)24-17-7-8-25(15-17)14-16-10-19(26-2)12-20(11-16)27-3;/h5-6,9-12,17H,4,7-8,13-15H2,1-3H3,(H2,22,23,24);1H. The summed E-state index contributed by atoms with van der Waals surface area (Å²) in [6, 6.07) is 10.2. The Morgan fingerprint density at radius 1 is 1.24 bits per heavy atom. The molecule has 1 aliphatic heterocycles. The largest absolute Gasteiger partial charge is 0.497 e. The third-order valence-corrected chi connectivity index (χ3v) is 4.75. The summed E-state index contributed by atoms with van der Waals surface area (Å²) in [5.41, 5.74) is 1.19. The van der Waals surface area contributed by atoms with Gasteiger partial charge in [0.05, 0.1) is 20.5 Å². The Labute approximate surface area is 189 Å². The summed E-state index contributed by atoms with van der Waals surface area (Å²) in [4.78, 5) is 7.06. The van der Waals surface area contributed by atoms with E-state index in [1.807, 2.05) is 18.2 Å². The van der Waals surface area contributed by atoms with Gasteiger partial charge in [-0.3, -0.25) is 4.90 Å². The smallest absolute Gasteiger partial charge is 0.191 e. The molecule has 8 heteroatoms. The monoisotopic (exact) mass is 514 g/mol. The van der Waals surface area contributed by atoms with Crippen molar-refractivity contribution in [1.29, 1.82) is 0 Å². The first-order chi connectivity index (χ1) is 13.7. The summed E-state index contributed by atoms with van der Waals surface area (Å²) in [6.07, 6.45) is 2.75. The van der Waals surface area contributed by atoms with Crippen molar-refractivity contribution in [2.45, 2.75) is 32.5 Å². The minimum Gasteiger partial charge on any atom is -0.497 e. The molecule has 2 heterocycles. The van der Waals surface area contributed by atoms with Gasteiger partial charge >= 0.3 is 0 Å². The second-order valence-electron chi connectivity index (χ2n) is 6.86. The molecule has 2 N–H and O–H groups in total. The van der Waals surface area contributed by atoms with Gasteiger partial charge in [-0.15, -0.1) is 24.0 Å². The molecule has 0 bridgehead atoms. The molecule has 0 spiro atoms. The van der Waals surface area contributed by atoms with Crippen molar-refractivity contribution in [2.24, 2.45) is 4.99 Å². The lowest BCUT2D eigenvalue weighted by Gasteiger charge is -2.19. The van der Waals surface area contributed by atoms with Crippen molar-refractivity contribution in [3.63, 3.8) is 0 Å². The van der Waals surface area contributed by atoms with Gasteiger partial charge in [-0.1, -0.05) is 0 Å². The number of methoxy groups -OCH3 is 2. The third kappa shape index (κ3) is 7.11. The number of halogens is 1. The van der Waals surface area contributed by atoms with Gasteiger partial charge in [-0.05, 0) is 43.2 Å². The van der Waals surface area contributed by atoms with Crippen LogP contribution in [-0.4, -0.2) is 50.8 Å². The van der Waals surface area contributed by atoms with Gasteiger partial charge in [0.1, 0.15) is 23.8 Å². The number of rotatable bonds is 8. The lowest BCUT2D eigenvalue weighted by Crippen LogP contribution is -2.44. The fourth-order valence-corrected chi connectivity index (χ4v) is 3.38. The van der Waals surface area contributed by atoms with Gasteiger partial charge in [0.15, 0.2) is 5.96 Å². The highest BCUT2D eigenvalue weighted by Crippen LogP contribution is 2.24. The molecule has 1 aromatic heterocycles. The van der Waals surface area contributed by atoms with E-state index in [4.69, 9.17) is 13.9 Å². The minimum atomic E-state index is 0. The van der Waals surface area contributed by atoms with Crippen molar-refractivity contribution < 1.29 is 13.9 Å². The van der Waals surface area contributed by atoms with Crippen LogP contribution in [0.25, 0.3) is 0 Å². The summed E-state index contributed by atoms with van der Waals surface area (Å²) < 4.78 is 16.1. The van der Waals surface area contributed by atoms with Gasteiger partial charge in [0, 0.05) is 38.3 Å². The lowest BCUT2D eigenvalue weighted by atomic mass is 10.2. The fraction of sp³-hybridized carbons (Fsp3) is 0.476. The second kappa shape index (κ2) is 11.9. The first-order valence-corrected chi connectivity index (χ1v) is 9.71. The molecule has 1 aromatic carbocycles. The zero-order valence-electron chi connectivity index (χ0n) is 17.3. The molecule has 2 aromatic rings. The van der Waals surface area contributed by atoms with E-state index in [0.717, 1.165) is 55.8 Å². The average Bonchev–Trinajstić information content (AvgIpc) is 3.38. The van der Waals surface area contributed by atoms with Crippen molar-refractivity contribution in [3.05, 3.63) is 47.9 Å². The number of furan rings is 1. The number of guanidine groups is 1. The quantitative estimate of drug-likeness (QED) is 0.320. The summed E-state index contributed by atoms with van der Waals surface area (Å²) >= 11 is 0. The molecule has 0 amide bonds. The molecule has 1 atom stereocenters. The van der Waals surface area contributed by atoms with Crippen LogP contribution in [0.4, 0.5) is 0 Å². The molecule has 29 heavy (non-hydrogen) atoms. The Morgan fingerprint density at radius 2 is 2.00 bits per heavy atom. The van der Waals surface area contributed by atoms with E-state index in [1.165, 1.54) is 5.56 Å². The van der Waals surface area contributed by atoms with Crippen LogP contribution < -0.4 is 20.1 Å². The van der Waals surface area contributed by atoms with Crippen LogP contribution in [0.5, 0.6) is 11.5 Å². The molecule has 0 aliphatic carbocycles. The zero-order valence-corrected chi connectivity index (χ0v) is 19.6. The van der Waals surface area contributed by atoms with Crippen LogP contribution in [0.2, 0.25) is 0 Å². The Hall–Kier alpha value is -1.94. The van der Waals surface area contributed by atoms with E-state index >= 15 is 0 Å². The van der Waals surface area contributed by atoms with Crippen molar-refractivity contribution in [2.75, 3.05) is 33.9 Å². The van der Waals surface area contributed by atoms with Crippen LogP contribution in [0.15, 0.2) is 46.0 Å². The number of likely N-dealkylation sites (tertiary alicyclic amines) is 1. The van der Waals surface area contributed by atoms with Crippen LogP contribution in [0, 0.1) is 0 Å². The predicted octanol–water partition coefficient (Wildman–Crippen LogP) is 3.24. The van der Waals surface area contributed by atoms with Gasteiger partial charge in [0.2, 0.25) is 0 Å². The van der Waals surface area contributed by atoms with Crippen LogP contribution in [0.3, 0.4) is 0 Å². The Bertz CT molecular complexity index is 745. The van der Waals surface area contributed by atoms with Gasteiger partial charge < -0.3 is 24.5 Å². The highest BCUT2D eigenvalue weighted by Gasteiger charge is 2.23. The van der Waals surface area contributed by atoms with Crippen molar-refractivity contribution in [1.82, 2.24) is 15.5 Å². The molecule has 7 nitrogen and oxygen atoms in total. The molecule has 1 aliphatic rings. The Kier molecular flexibility index (Phi) is 9.59. The van der Waals surface area contributed by atoms with E-state index in [9.17, 15) is 0 Å². The Balaban J connectivity index is 0.00000300. The zero-order chi connectivity index (χ0) is 19.8. The third-order valence-electron chi connectivity index (χ3n) is 4.75. The molecular formula is C21H31IN4O3. The number of nitrogens with one attached hydrogen (secondary N) is 2. The number of hydrogen-bond acceptors (Lipinski definition) is 5. The maximum Gasteiger partial charge on any atom is 0.191 e. The number of ether oxygens (including phenoxy) is 2. The van der Waals surface area contributed by atoms with E-state index < -0.39 is 0 Å². The molecular weight excluding hydrogens is 483 g/mol. The normalized spacial score (nSPS) is 16.9. The molecule has 160 valence electrons.